The normalized spacial score (nSPS) is 16.2. The van der Waals surface area contributed by atoms with Crippen molar-refractivity contribution in [2.45, 2.75) is 49.2 Å². The fraction of sp³-hybridized carbons (Fsp3) is 0.476. The van der Waals surface area contributed by atoms with Gasteiger partial charge in [0.1, 0.15) is 5.25 Å². The van der Waals surface area contributed by atoms with Crippen molar-refractivity contribution in [2.24, 2.45) is 0 Å². The van der Waals surface area contributed by atoms with E-state index in [1.54, 1.807) is 17.0 Å². The van der Waals surface area contributed by atoms with E-state index in [-0.39, 0.29) is 12.6 Å². The van der Waals surface area contributed by atoms with Crippen molar-refractivity contribution < 1.29 is 13.2 Å². The first-order chi connectivity index (χ1) is 13.4. The minimum absolute atomic E-state index is 0.0735. The molecule has 2 amide bonds. The fourth-order valence-corrected chi connectivity index (χ4v) is 6.22. The maximum Gasteiger partial charge on any atom is 0.317 e. The van der Waals surface area contributed by atoms with E-state index in [0.717, 1.165) is 42.8 Å². The molecule has 1 fully saturated rings. The lowest BCUT2D eigenvalue weighted by Crippen LogP contribution is -2.44. The van der Waals surface area contributed by atoms with Crippen LogP contribution in [0.5, 0.6) is 0 Å². The van der Waals surface area contributed by atoms with E-state index in [4.69, 9.17) is 0 Å². The zero-order chi connectivity index (χ0) is 20.1. The molecular formula is C21H28N2O3S2. The minimum Gasteiger partial charge on any atom is -0.336 e. The van der Waals surface area contributed by atoms with Gasteiger partial charge in [-0.3, -0.25) is 0 Å². The van der Waals surface area contributed by atoms with Gasteiger partial charge in [-0.2, -0.15) is 0 Å². The highest BCUT2D eigenvalue weighted by Gasteiger charge is 2.31. The van der Waals surface area contributed by atoms with Gasteiger partial charge in [0.05, 0.1) is 4.90 Å². The number of nitrogens with one attached hydrogen (secondary N) is 1. The second-order valence-electron chi connectivity index (χ2n) is 7.51. The van der Waals surface area contributed by atoms with Crippen LogP contribution in [0.3, 0.4) is 0 Å². The molecule has 0 radical (unpaired) electrons. The van der Waals surface area contributed by atoms with E-state index in [2.05, 4.69) is 19.2 Å². The number of thiophene rings is 1. The van der Waals surface area contributed by atoms with Gasteiger partial charge >= 0.3 is 6.03 Å². The number of amides is 2. The van der Waals surface area contributed by atoms with E-state index >= 15 is 0 Å². The molecule has 0 bridgehead atoms. The largest absolute Gasteiger partial charge is 0.336 e. The minimum atomic E-state index is -3.62. The summed E-state index contributed by atoms with van der Waals surface area (Å²) in [5.74, 6) is 0.341. The van der Waals surface area contributed by atoms with Gasteiger partial charge in [-0.1, -0.05) is 32.0 Å². The number of likely N-dealkylation sites (tertiary alicyclic amines) is 1. The van der Waals surface area contributed by atoms with Crippen molar-refractivity contribution in [3.63, 3.8) is 0 Å². The molecule has 1 atom stereocenters. The van der Waals surface area contributed by atoms with Crippen molar-refractivity contribution in [1.82, 2.24) is 10.2 Å². The third-order valence-corrected chi connectivity index (χ3v) is 8.43. The highest BCUT2D eigenvalue weighted by atomic mass is 32.2. The summed E-state index contributed by atoms with van der Waals surface area (Å²) in [6.45, 7) is 5.70. The van der Waals surface area contributed by atoms with Gasteiger partial charge in [0.15, 0.2) is 9.84 Å². The van der Waals surface area contributed by atoms with Crippen molar-refractivity contribution in [2.75, 3.05) is 19.6 Å². The summed E-state index contributed by atoms with van der Waals surface area (Å²) in [6, 6.07) is 10.6. The average Bonchev–Trinajstić information content (AvgIpc) is 3.23. The third kappa shape index (κ3) is 4.75. The number of urea groups is 1. The molecule has 0 spiro atoms. The quantitative estimate of drug-likeness (QED) is 0.744. The summed E-state index contributed by atoms with van der Waals surface area (Å²) in [6.07, 6.45) is 3.15. The van der Waals surface area contributed by atoms with Crippen LogP contribution < -0.4 is 5.32 Å². The monoisotopic (exact) mass is 420 g/mol. The summed E-state index contributed by atoms with van der Waals surface area (Å²) < 4.78 is 26.7. The molecule has 1 aliphatic rings. The van der Waals surface area contributed by atoms with Gasteiger partial charge < -0.3 is 10.2 Å². The Morgan fingerprint density at radius 1 is 1.11 bits per heavy atom. The Morgan fingerprint density at radius 2 is 1.79 bits per heavy atom. The first-order valence-corrected chi connectivity index (χ1v) is 12.2. The van der Waals surface area contributed by atoms with Crippen LogP contribution >= 0.6 is 11.3 Å². The van der Waals surface area contributed by atoms with E-state index < -0.39 is 15.1 Å². The van der Waals surface area contributed by atoms with Crippen molar-refractivity contribution in [1.29, 1.82) is 0 Å². The maximum atomic E-state index is 13.3. The van der Waals surface area contributed by atoms with Gasteiger partial charge in [0.25, 0.3) is 0 Å². The molecule has 3 rings (SSSR count). The number of sulfone groups is 1. The van der Waals surface area contributed by atoms with Crippen LogP contribution in [-0.4, -0.2) is 39.0 Å². The predicted octanol–water partition coefficient (Wildman–Crippen LogP) is 4.58. The molecule has 2 heterocycles. The number of nitrogens with zero attached hydrogens (tertiary/aromatic N) is 1. The summed E-state index contributed by atoms with van der Waals surface area (Å²) >= 11 is 1.40. The molecule has 1 saturated heterocycles. The lowest BCUT2D eigenvalue weighted by molar-refractivity contribution is 0.186. The highest BCUT2D eigenvalue weighted by molar-refractivity contribution is 7.91. The lowest BCUT2D eigenvalue weighted by Gasteiger charge is -2.27. The molecule has 152 valence electrons. The Labute approximate surface area is 171 Å². The van der Waals surface area contributed by atoms with Crippen molar-refractivity contribution >= 4 is 27.2 Å². The van der Waals surface area contributed by atoms with Crippen LogP contribution in [0.15, 0.2) is 46.7 Å². The Kier molecular flexibility index (Phi) is 6.78. The van der Waals surface area contributed by atoms with Gasteiger partial charge in [-0.05, 0) is 54.3 Å². The Morgan fingerprint density at radius 3 is 2.36 bits per heavy atom. The van der Waals surface area contributed by atoms with Crippen molar-refractivity contribution in [3.8, 4) is 0 Å². The molecular weight excluding hydrogens is 392 g/mol. The van der Waals surface area contributed by atoms with Crippen LogP contribution in [0.25, 0.3) is 0 Å². The van der Waals surface area contributed by atoms with Gasteiger partial charge in [-0.25, -0.2) is 13.2 Å². The smallest absolute Gasteiger partial charge is 0.317 e. The molecule has 28 heavy (non-hydrogen) atoms. The standard InChI is InChI=1S/C21H28N2O3S2/c1-16(2)17-8-10-18(11-9-17)28(25,26)20(19-7-6-14-27-19)15-22-21(24)23-12-4-3-5-13-23/h6-11,14,16,20H,3-5,12-13,15H2,1-2H3,(H,22,24)/t20-/m0/s1. The molecule has 7 heteroatoms. The Hall–Kier alpha value is -1.86. The number of carbonyl (C=O) groups excluding carboxylic acids is 1. The summed E-state index contributed by atoms with van der Waals surface area (Å²) in [5.41, 5.74) is 1.10. The van der Waals surface area contributed by atoms with Gasteiger partial charge in [0.2, 0.25) is 0 Å². The third-order valence-electron chi connectivity index (χ3n) is 5.19. The van der Waals surface area contributed by atoms with Gasteiger partial charge in [-0.15, -0.1) is 11.3 Å². The van der Waals surface area contributed by atoms with Crippen LogP contribution in [0.4, 0.5) is 4.79 Å². The predicted molar refractivity (Wildman–Crippen MR) is 114 cm³/mol. The van der Waals surface area contributed by atoms with E-state index in [1.165, 1.54) is 11.3 Å². The van der Waals surface area contributed by atoms with Crippen LogP contribution in [0.1, 0.15) is 54.7 Å². The Bertz CT molecular complexity index is 869. The zero-order valence-corrected chi connectivity index (χ0v) is 18.1. The molecule has 1 aliphatic heterocycles. The van der Waals surface area contributed by atoms with E-state index in [0.29, 0.717) is 10.8 Å². The molecule has 2 aromatic rings. The van der Waals surface area contributed by atoms with Crippen LogP contribution in [-0.2, 0) is 9.84 Å². The number of piperidine rings is 1. The molecule has 5 nitrogen and oxygen atoms in total. The van der Waals surface area contributed by atoms with Crippen LogP contribution in [0.2, 0.25) is 0 Å². The first kappa shape index (κ1) is 20.9. The molecule has 0 unspecified atom stereocenters. The molecule has 1 N–H and O–H groups in total. The molecule has 1 aromatic carbocycles. The number of rotatable bonds is 6. The number of hydrogen-bond acceptors (Lipinski definition) is 4. The molecule has 1 aromatic heterocycles. The second-order valence-corrected chi connectivity index (χ2v) is 10.6. The van der Waals surface area contributed by atoms with Crippen molar-refractivity contribution in [3.05, 3.63) is 52.2 Å². The first-order valence-electron chi connectivity index (χ1n) is 9.79. The van der Waals surface area contributed by atoms with Gasteiger partial charge in [0, 0.05) is 24.5 Å². The highest BCUT2D eigenvalue weighted by Crippen LogP contribution is 2.32. The fourth-order valence-electron chi connectivity index (χ4n) is 3.43. The number of hydrogen-bond donors (Lipinski definition) is 1. The number of benzene rings is 1. The SMILES string of the molecule is CC(C)c1ccc(S(=O)(=O)[C@@H](CNC(=O)N2CCCCC2)c2cccs2)cc1. The van der Waals surface area contributed by atoms with Crippen LogP contribution in [0, 0.1) is 0 Å². The molecule has 0 saturated carbocycles. The topological polar surface area (TPSA) is 66.5 Å². The summed E-state index contributed by atoms with van der Waals surface area (Å²) in [7, 11) is -3.62. The van der Waals surface area contributed by atoms with E-state index in [1.807, 2.05) is 29.6 Å². The number of carbonyl (C=O) groups is 1. The second kappa shape index (κ2) is 9.09. The van der Waals surface area contributed by atoms with E-state index in [9.17, 15) is 13.2 Å². The molecule has 0 aliphatic carbocycles. The summed E-state index contributed by atoms with van der Waals surface area (Å²) in [5, 5.41) is 3.94. The zero-order valence-electron chi connectivity index (χ0n) is 16.4. The average molecular weight is 421 g/mol. The summed E-state index contributed by atoms with van der Waals surface area (Å²) in [4.78, 5) is 15.3. The lowest BCUT2D eigenvalue weighted by atomic mass is 10.0. The maximum absolute atomic E-state index is 13.3. The Balaban J connectivity index is 1.80.